The average molecular weight is 316 g/mol. The van der Waals surface area contributed by atoms with Crippen molar-refractivity contribution in [2.75, 3.05) is 20.3 Å². The van der Waals surface area contributed by atoms with Crippen molar-refractivity contribution in [2.24, 2.45) is 5.14 Å². The highest BCUT2D eigenvalue weighted by Crippen LogP contribution is 2.23. The Balaban J connectivity index is 2.82. The van der Waals surface area contributed by atoms with Crippen LogP contribution in [-0.4, -0.2) is 40.7 Å². The van der Waals surface area contributed by atoms with Gasteiger partial charge in [-0.3, -0.25) is 4.79 Å². The lowest BCUT2D eigenvalue weighted by molar-refractivity contribution is 0.0746. The number of ether oxygens (including phenoxy) is 2. The molecule has 0 saturated carbocycles. The number of benzene rings is 1. The Morgan fingerprint density at radius 1 is 1.38 bits per heavy atom. The summed E-state index contributed by atoms with van der Waals surface area (Å²) in [6, 6.07) is 4.04. The minimum Gasteiger partial charge on any atom is -0.495 e. The van der Waals surface area contributed by atoms with Crippen molar-refractivity contribution in [3.8, 4) is 5.75 Å². The molecule has 1 rings (SSSR count). The van der Waals surface area contributed by atoms with Gasteiger partial charge in [0.2, 0.25) is 10.0 Å². The van der Waals surface area contributed by atoms with E-state index in [2.05, 4.69) is 5.32 Å². The topological polar surface area (TPSA) is 108 Å². The van der Waals surface area contributed by atoms with E-state index >= 15 is 0 Å². The molecular weight excluding hydrogens is 296 g/mol. The summed E-state index contributed by atoms with van der Waals surface area (Å²) in [5, 5.41) is 7.73. The van der Waals surface area contributed by atoms with Gasteiger partial charge in [0.15, 0.2) is 0 Å². The summed E-state index contributed by atoms with van der Waals surface area (Å²) in [5.74, 6) is -0.313. The molecule has 7 nitrogen and oxygen atoms in total. The molecule has 0 heterocycles. The number of primary sulfonamides is 1. The van der Waals surface area contributed by atoms with E-state index in [9.17, 15) is 13.2 Å². The largest absolute Gasteiger partial charge is 0.495 e. The molecule has 0 aliphatic heterocycles. The predicted octanol–water partition coefficient (Wildman–Crippen LogP) is 0.497. The summed E-state index contributed by atoms with van der Waals surface area (Å²) in [6.45, 7) is 4.49. The number of sulfonamides is 1. The molecule has 0 radical (unpaired) electrons. The summed E-state index contributed by atoms with van der Waals surface area (Å²) in [6.07, 6.45) is 0.0804. The molecule has 0 bridgehead atoms. The molecule has 0 saturated heterocycles. The Bertz CT molecular complexity index is 599. The second kappa shape index (κ2) is 7.39. The number of carbonyl (C=O) groups is 1. The first-order chi connectivity index (χ1) is 9.75. The highest BCUT2D eigenvalue weighted by atomic mass is 32.2. The van der Waals surface area contributed by atoms with E-state index in [-0.39, 0.29) is 22.3 Å². The Hall–Kier alpha value is -1.64. The zero-order valence-electron chi connectivity index (χ0n) is 12.3. The van der Waals surface area contributed by atoms with Gasteiger partial charge in [0.1, 0.15) is 10.6 Å². The first-order valence-corrected chi connectivity index (χ1v) is 7.91. The maximum atomic E-state index is 11.9. The SMILES string of the molecule is COc1ccc(C(=O)NCCOC(C)C)cc1S(N)(=O)=O. The van der Waals surface area contributed by atoms with Crippen molar-refractivity contribution in [1.82, 2.24) is 5.32 Å². The molecule has 118 valence electrons. The zero-order valence-corrected chi connectivity index (χ0v) is 13.1. The van der Waals surface area contributed by atoms with E-state index in [0.717, 1.165) is 0 Å². The Morgan fingerprint density at radius 2 is 2.05 bits per heavy atom. The number of nitrogens with one attached hydrogen (secondary N) is 1. The van der Waals surface area contributed by atoms with Gasteiger partial charge >= 0.3 is 0 Å². The lowest BCUT2D eigenvalue weighted by Gasteiger charge is -2.11. The molecule has 0 aliphatic rings. The molecular formula is C13H20N2O5S. The van der Waals surface area contributed by atoms with Gasteiger partial charge in [0.25, 0.3) is 5.91 Å². The predicted molar refractivity (Wildman–Crippen MR) is 77.8 cm³/mol. The molecule has 1 amide bonds. The fourth-order valence-electron chi connectivity index (χ4n) is 1.60. The molecule has 0 spiro atoms. The van der Waals surface area contributed by atoms with Crippen molar-refractivity contribution in [3.05, 3.63) is 23.8 Å². The summed E-state index contributed by atoms with van der Waals surface area (Å²) in [4.78, 5) is 11.7. The van der Waals surface area contributed by atoms with Crippen LogP contribution in [0.3, 0.4) is 0 Å². The maximum absolute atomic E-state index is 11.9. The van der Waals surface area contributed by atoms with Gasteiger partial charge in [0, 0.05) is 12.1 Å². The average Bonchev–Trinajstić information content (AvgIpc) is 2.41. The number of carbonyl (C=O) groups excluding carboxylic acids is 1. The van der Waals surface area contributed by atoms with Crippen molar-refractivity contribution in [2.45, 2.75) is 24.8 Å². The molecule has 21 heavy (non-hydrogen) atoms. The molecule has 0 unspecified atom stereocenters. The summed E-state index contributed by atoms with van der Waals surface area (Å²) in [5.41, 5.74) is 0.185. The third-order valence-electron chi connectivity index (χ3n) is 2.57. The van der Waals surface area contributed by atoms with Crippen LogP contribution in [-0.2, 0) is 14.8 Å². The summed E-state index contributed by atoms with van der Waals surface area (Å²) >= 11 is 0. The minimum atomic E-state index is -3.97. The van der Waals surface area contributed by atoms with E-state index in [1.807, 2.05) is 13.8 Å². The molecule has 0 aromatic heterocycles. The lowest BCUT2D eigenvalue weighted by Crippen LogP contribution is -2.28. The number of methoxy groups -OCH3 is 1. The lowest BCUT2D eigenvalue weighted by atomic mass is 10.2. The second-order valence-electron chi connectivity index (χ2n) is 4.59. The quantitative estimate of drug-likeness (QED) is 0.712. The van der Waals surface area contributed by atoms with Crippen LogP contribution in [0.5, 0.6) is 5.75 Å². The van der Waals surface area contributed by atoms with Crippen LogP contribution in [0.1, 0.15) is 24.2 Å². The van der Waals surface area contributed by atoms with Gasteiger partial charge in [0.05, 0.1) is 19.8 Å². The fraction of sp³-hybridized carbons (Fsp3) is 0.462. The van der Waals surface area contributed by atoms with Crippen molar-refractivity contribution in [3.63, 3.8) is 0 Å². The van der Waals surface area contributed by atoms with Crippen LogP contribution in [0.15, 0.2) is 23.1 Å². The molecule has 1 aromatic carbocycles. The zero-order chi connectivity index (χ0) is 16.0. The summed E-state index contributed by atoms with van der Waals surface area (Å²) in [7, 11) is -2.64. The monoisotopic (exact) mass is 316 g/mol. The highest BCUT2D eigenvalue weighted by molar-refractivity contribution is 7.89. The summed E-state index contributed by atoms with van der Waals surface area (Å²) < 4.78 is 33.2. The first-order valence-electron chi connectivity index (χ1n) is 6.36. The van der Waals surface area contributed by atoms with Gasteiger partial charge in [-0.25, -0.2) is 13.6 Å². The van der Waals surface area contributed by atoms with Crippen LogP contribution in [0, 0.1) is 0 Å². The maximum Gasteiger partial charge on any atom is 0.251 e. The molecule has 0 aliphatic carbocycles. The molecule has 1 aromatic rings. The number of nitrogens with two attached hydrogens (primary N) is 1. The number of hydrogen-bond acceptors (Lipinski definition) is 5. The standard InChI is InChI=1S/C13H20N2O5S/c1-9(2)20-7-6-15-13(16)10-4-5-11(19-3)12(8-10)21(14,17)18/h4-5,8-9H,6-7H2,1-3H3,(H,15,16)(H2,14,17,18). The van der Waals surface area contributed by atoms with Crippen LogP contribution in [0.25, 0.3) is 0 Å². The number of amides is 1. The number of hydrogen-bond donors (Lipinski definition) is 2. The van der Waals surface area contributed by atoms with Crippen molar-refractivity contribution < 1.29 is 22.7 Å². The second-order valence-corrected chi connectivity index (χ2v) is 6.12. The van der Waals surface area contributed by atoms with Gasteiger partial charge < -0.3 is 14.8 Å². The van der Waals surface area contributed by atoms with E-state index < -0.39 is 15.9 Å². The van der Waals surface area contributed by atoms with Crippen LogP contribution in [0.2, 0.25) is 0 Å². The molecule has 0 atom stereocenters. The van der Waals surface area contributed by atoms with Gasteiger partial charge in [-0.05, 0) is 32.0 Å². The van der Waals surface area contributed by atoms with E-state index in [1.54, 1.807) is 0 Å². The van der Waals surface area contributed by atoms with Crippen molar-refractivity contribution in [1.29, 1.82) is 0 Å². The Morgan fingerprint density at radius 3 is 2.57 bits per heavy atom. The third kappa shape index (κ3) is 5.33. The Kier molecular flexibility index (Phi) is 6.13. The van der Waals surface area contributed by atoms with Crippen molar-refractivity contribution >= 4 is 15.9 Å². The fourth-order valence-corrected chi connectivity index (χ4v) is 2.32. The van der Waals surface area contributed by atoms with Gasteiger partial charge in [-0.15, -0.1) is 0 Å². The molecule has 0 fully saturated rings. The van der Waals surface area contributed by atoms with E-state index in [1.165, 1.54) is 25.3 Å². The minimum absolute atomic E-state index is 0.0804. The van der Waals surface area contributed by atoms with E-state index in [4.69, 9.17) is 14.6 Å². The van der Waals surface area contributed by atoms with Crippen LogP contribution >= 0.6 is 0 Å². The van der Waals surface area contributed by atoms with Crippen LogP contribution < -0.4 is 15.2 Å². The Labute approximate surface area is 124 Å². The van der Waals surface area contributed by atoms with Crippen LogP contribution in [0.4, 0.5) is 0 Å². The first kappa shape index (κ1) is 17.4. The van der Waals surface area contributed by atoms with Gasteiger partial charge in [-0.2, -0.15) is 0 Å². The highest BCUT2D eigenvalue weighted by Gasteiger charge is 2.17. The molecule has 3 N–H and O–H groups in total. The normalized spacial score (nSPS) is 11.5. The third-order valence-corrected chi connectivity index (χ3v) is 3.50. The molecule has 8 heteroatoms. The number of rotatable bonds is 7. The smallest absolute Gasteiger partial charge is 0.251 e. The van der Waals surface area contributed by atoms with E-state index in [0.29, 0.717) is 13.2 Å². The van der Waals surface area contributed by atoms with Gasteiger partial charge in [-0.1, -0.05) is 0 Å².